The van der Waals surface area contributed by atoms with E-state index in [4.69, 9.17) is 5.26 Å². The van der Waals surface area contributed by atoms with Crippen LogP contribution in [0.2, 0.25) is 0 Å². The number of aryl methyl sites for hydroxylation is 7. The summed E-state index contributed by atoms with van der Waals surface area (Å²) in [5, 5.41) is 65.2. The number of thiazole rings is 1. The molecule has 5 aliphatic heterocycles. The average Bonchev–Trinajstić information content (AvgIpc) is 1.39. The maximum atomic E-state index is 13.7. The molecule has 32 heteroatoms. The van der Waals surface area contributed by atoms with Crippen LogP contribution < -0.4 is 0 Å². The van der Waals surface area contributed by atoms with Crippen LogP contribution in [0.15, 0.2) is 221 Å². The van der Waals surface area contributed by atoms with Crippen molar-refractivity contribution in [3.8, 4) is 6.07 Å². The zero-order valence-electron chi connectivity index (χ0n) is 84.5. The minimum absolute atomic E-state index is 0.0196. The van der Waals surface area contributed by atoms with Crippen molar-refractivity contribution in [2.75, 3.05) is 6.54 Å². The van der Waals surface area contributed by atoms with Gasteiger partial charge in [0, 0.05) is 151 Å². The standard InChI is InChI=1S/C24H22F2N4O.C24H24FN3O.C24H25N5O.C23H21N5OS.C22H23N5OS/c1-15-2-3-20-17(6-15)10-28-29(20)14-23-11-24(12-23,13-23)22(31)30-21(4-5-27-30)16-7-18(25)9-19(26)8-16;1-16-5-6-21-18(9-16)11-26-28(21)15-23-12-24(13-23,14-23)22(29)27-8-7-20(27)17-3-2-4-19(25)10-17;1-16-3-6-20-19(9-16)11-27-28(20)15-23-12-24(13-23,14-23)22(30)29-21(7-8-26-29)18-5-4-17(2)25-10-18;1-15-2-4-18-16(8-15)10-26-27(18)14-22-11-23(12-22,13-22)21(29)28-19(6-7-25-28)20-5-3-17(9-24)30-20;1-14-3-4-17-16(7-14)8-24-26(17)13-21-10-22(11-21,12-21)20(28)27-18(5-6-23-27)19-25-15(2)9-29-19/h2-3,5-10,21H,4,11-14H2,1H3;2-6,9-11,20H,7-8,12-15H2,1H3;3-6,8-11,21H,7,12-15H2,1-2H3;2-5,7-8,10,19H,6,11-14H2,1H3;3-4,6-9,18H,5,10-13H2,1-2H3/t21-,23?,24?;;;;/m0..../s1. The molecule has 7 aromatic carbocycles. The van der Waals surface area contributed by atoms with Crippen molar-refractivity contribution in [2.24, 2.45) is 74.6 Å². The lowest BCUT2D eigenvalue weighted by Gasteiger charge is -2.70. The molecule has 10 bridgehead atoms. The van der Waals surface area contributed by atoms with Crippen LogP contribution in [0, 0.1) is 131 Å². The number of halogens is 3. The lowest BCUT2D eigenvalue weighted by molar-refractivity contribution is -0.227. The Morgan fingerprint density at radius 2 is 0.705 bits per heavy atom. The number of thiophene rings is 1. The van der Waals surface area contributed by atoms with Gasteiger partial charge in [-0.2, -0.15) is 51.2 Å². The van der Waals surface area contributed by atoms with Crippen molar-refractivity contribution in [3.63, 3.8) is 0 Å². The van der Waals surface area contributed by atoms with Gasteiger partial charge in [0.25, 0.3) is 0 Å². The summed E-state index contributed by atoms with van der Waals surface area (Å²) in [6.45, 7) is 19.6. The second-order valence-electron chi connectivity index (χ2n) is 47.1. The molecule has 35 rings (SSSR count). The number of likely N-dealkylation sites (tertiary alicyclic amines) is 1. The first kappa shape index (κ1) is 94.4. The van der Waals surface area contributed by atoms with Crippen LogP contribution >= 0.6 is 22.7 Å². The maximum absolute atomic E-state index is 13.7. The number of nitriles is 1. The molecule has 16 fully saturated rings. The van der Waals surface area contributed by atoms with E-state index < -0.39 is 23.1 Å². The van der Waals surface area contributed by atoms with Crippen molar-refractivity contribution in [1.29, 1.82) is 5.26 Å². The largest absolute Gasteiger partial charge is 0.335 e. The van der Waals surface area contributed by atoms with Gasteiger partial charge in [-0.3, -0.25) is 52.4 Å². The van der Waals surface area contributed by atoms with Gasteiger partial charge < -0.3 is 4.90 Å². The number of rotatable bonds is 20. The minimum Gasteiger partial charge on any atom is -0.335 e. The summed E-state index contributed by atoms with van der Waals surface area (Å²) in [5.74, 6) is -0.735. The van der Waals surface area contributed by atoms with E-state index in [1.807, 2.05) is 104 Å². The van der Waals surface area contributed by atoms with Crippen molar-refractivity contribution in [3.05, 3.63) is 288 Å². The first-order valence-electron chi connectivity index (χ1n) is 52.2. The molecule has 1 saturated heterocycles. The van der Waals surface area contributed by atoms with Gasteiger partial charge in [0.15, 0.2) is 0 Å². The zero-order valence-corrected chi connectivity index (χ0v) is 86.1. The van der Waals surface area contributed by atoms with Gasteiger partial charge in [0.05, 0.1) is 110 Å². The van der Waals surface area contributed by atoms with E-state index in [0.29, 0.717) is 16.9 Å². The molecule has 149 heavy (non-hydrogen) atoms. The predicted molar refractivity (Wildman–Crippen MR) is 563 cm³/mol. The van der Waals surface area contributed by atoms with Gasteiger partial charge in [-0.25, -0.2) is 38.2 Å². The van der Waals surface area contributed by atoms with Gasteiger partial charge in [0.2, 0.25) is 29.5 Å². The summed E-state index contributed by atoms with van der Waals surface area (Å²) < 4.78 is 51.5. The molecule has 15 saturated carbocycles. The van der Waals surface area contributed by atoms with E-state index >= 15 is 0 Å². The fraction of sp³-hybridized carbons (Fsp3) is 0.410. The molecule has 0 N–H and O–H groups in total. The van der Waals surface area contributed by atoms with Gasteiger partial charge in [-0.1, -0.05) is 76.3 Å². The third-order valence-corrected chi connectivity index (χ3v) is 37.8. The number of carbonyl (C=O) groups excluding carboxylic acids is 5. The third-order valence-electron chi connectivity index (χ3n) is 35.6. The average molecular weight is 2030 g/mol. The van der Waals surface area contributed by atoms with Crippen LogP contribution in [0.25, 0.3) is 54.5 Å². The highest BCUT2D eigenvalue weighted by atomic mass is 32.1. The van der Waals surface area contributed by atoms with Crippen molar-refractivity contribution in [2.45, 2.75) is 240 Å². The number of hydrazone groups is 4. The number of hydrogen-bond donors (Lipinski definition) is 0. The third kappa shape index (κ3) is 15.9. The molecule has 27 nitrogen and oxygen atoms in total. The maximum Gasteiger partial charge on any atom is 0.249 e. The summed E-state index contributed by atoms with van der Waals surface area (Å²) in [5.41, 5.74) is 16.1. The highest BCUT2D eigenvalue weighted by molar-refractivity contribution is 7.12. The molecule has 756 valence electrons. The van der Waals surface area contributed by atoms with Crippen LogP contribution in [0.3, 0.4) is 0 Å². The van der Waals surface area contributed by atoms with Gasteiger partial charge in [-0.05, 0) is 298 Å². The topological polar surface area (TPSA) is 290 Å². The lowest BCUT2D eigenvalue weighted by Crippen LogP contribution is -2.70. The summed E-state index contributed by atoms with van der Waals surface area (Å²) in [6, 6.07) is 51.8. The molecule has 4 unspecified atom stereocenters. The molecule has 0 spiro atoms. The second kappa shape index (κ2) is 34.6. The Morgan fingerprint density at radius 1 is 0.356 bits per heavy atom. The van der Waals surface area contributed by atoms with Crippen molar-refractivity contribution < 1.29 is 37.1 Å². The van der Waals surface area contributed by atoms with Crippen LogP contribution in [-0.2, 0) is 56.7 Å². The monoisotopic (exact) mass is 2030 g/mol. The van der Waals surface area contributed by atoms with E-state index in [9.17, 15) is 37.1 Å². The summed E-state index contributed by atoms with van der Waals surface area (Å²) in [4.78, 5) is 79.4. The summed E-state index contributed by atoms with van der Waals surface area (Å²) in [7, 11) is 0. The molecule has 20 aliphatic rings. The Bertz CT molecular complexity index is 8130. The molecule has 0 radical (unpaired) electrons. The summed E-state index contributed by atoms with van der Waals surface area (Å²) >= 11 is 3.08. The molecular formula is C117H115F3N22O5S2. The highest BCUT2D eigenvalue weighted by Crippen LogP contribution is 2.79. The number of fused-ring (bicyclic) bond motifs is 5. The Morgan fingerprint density at radius 3 is 1.04 bits per heavy atom. The SMILES string of the molecule is Cc1ccc2c(cnn2CC23CC(C(=O)N4CCC4c4cccc(F)c4)(C2)C3)c1.Cc1ccc2c(cnn2CC23CC(C(=O)N4N=CCC4c4ccc(C#N)s4)(C2)C3)c1.Cc1ccc2c(cnn2CC23CC(C(=O)N4N=CCC4c4ccc(C)nc4)(C2)C3)c1.Cc1ccc2c(cnn2CC23CC(C(=O)N4N=CCC4c4nc(C)cs4)(C2)C3)c1.Cc1ccc2c(cnn2CC23CC(C(=O)N4N=CC[C@H]4c4cc(F)cc(F)c4)(C2)C3)c1. The predicted octanol–water partition coefficient (Wildman–Crippen LogP) is 22.2. The quantitative estimate of drug-likeness (QED) is 0.0686. The first-order chi connectivity index (χ1) is 71.8. The first-order valence-corrected chi connectivity index (χ1v) is 53.9. The van der Waals surface area contributed by atoms with Crippen molar-refractivity contribution in [1.82, 2.24) is 83.8 Å². The second-order valence-corrected chi connectivity index (χ2v) is 49.1. The Kier molecular flexibility index (Phi) is 21.9. The van der Waals surface area contributed by atoms with E-state index in [2.05, 4.69) is 217 Å². The molecule has 15 aliphatic carbocycles. The molecule has 5 amide bonds. The lowest BCUT2D eigenvalue weighted by atomic mass is 9.34. The number of benzene rings is 7. The number of carbonyl (C=O) groups is 5. The smallest absolute Gasteiger partial charge is 0.249 e. The van der Waals surface area contributed by atoms with Crippen LogP contribution in [0.5, 0.6) is 0 Å². The van der Waals surface area contributed by atoms with E-state index in [1.54, 1.807) is 44.7 Å². The van der Waals surface area contributed by atoms with Gasteiger partial charge >= 0.3 is 0 Å². The minimum atomic E-state index is -0.639. The van der Waals surface area contributed by atoms with E-state index in [-0.39, 0.29) is 108 Å². The number of hydrogen-bond acceptors (Lipinski definition) is 19. The Labute approximate surface area is 867 Å². The molecule has 15 aromatic rings. The fourth-order valence-corrected chi connectivity index (χ4v) is 31.0. The molecule has 13 heterocycles. The summed E-state index contributed by atoms with van der Waals surface area (Å²) in [6.07, 6.45) is 36.1. The molecule has 8 aromatic heterocycles. The molecular weight excluding hydrogens is 1910 g/mol. The Balaban J connectivity index is 0.0000000941. The van der Waals surface area contributed by atoms with E-state index in [1.165, 1.54) is 106 Å². The number of pyridine rings is 1. The highest BCUT2D eigenvalue weighted by Gasteiger charge is 2.77. The fourth-order valence-electron chi connectivity index (χ4n) is 29.2. The van der Waals surface area contributed by atoms with Gasteiger partial charge in [-0.15, -0.1) is 22.7 Å². The van der Waals surface area contributed by atoms with Crippen LogP contribution in [0.1, 0.15) is 229 Å². The van der Waals surface area contributed by atoms with E-state index in [0.717, 1.165) is 211 Å². The number of aromatic nitrogens is 12. The molecule has 5 atom stereocenters. The van der Waals surface area contributed by atoms with Crippen LogP contribution in [0.4, 0.5) is 13.2 Å². The Hall–Kier alpha value is -14.3. The number of amides is 5. The van der Waals surface area contributed by atoms with Crippen LogP contribution in [-0.4, -0.2) is 145 Å². The normalized spacial score (nSPS) is 29.3. The van der Waals surface area contributed by atoms with Crippen molar-refractivity contribution >= 4 is 132 Å². The zero-order chi connectivity index (χ0) is 102. The number of nitrogens with zero attached hydrogens (tertiary/aromatic N) is 22. The van der Waals surface area contributed by atoms with Gasteiger partial charge in [0.1, 0.15) is 39.4 Å².